The number of hydrogen-bond acceptors (Lipinski definition) is 2. The first-order chi connectivity index (χ1) is 8.37. The summed E-state index contributed by atoms with van der Waals surface area (Å²) >= 11 is 0. The molecule has 18 heavy (non-hydrogen) atoms. The summed E-state index contributed by atoms with van der Waals surface area (Å²) in [6.45, 7) is 9.46. The van der Waals surface area contributed by atoms with E-state index in [4.69, 9.17) is 4.74 Å². The van der Waals surface area contributed by atoms with Crippen molar-refractivity contribution in [3.63, 3.8) is 0 Å². The minimum atomic E-state index is -0.00248. The van der Waals surface area contributed by atoms with Crippen LogP contribution >= 0.6 is 0 Å². The molecule has 1 atom stereocenters. The lowest BCUT2D eigenvalue weighted by Crippen LogP contribution is -2.19. The van der Waals surface area contributed by atoms with Gasteiger partial charge in [-0.05, 0) is 36.5 Å². The second-order valence-corrected chi connectivity index (χ2v) is 7.26. The molecule has 2 heteroatoms. The molecule has 1 unspecified atom stereocenters. The average molecular weight is 254 g/mol. The summed E-state index contributed by atoms with van der Waals surface area (Å²) in [4.78, 5) is 11.8. The van der Waals surface area contributed by atoms with Gasteiger partial charge in [0.1, 0.15) is 0 Å². The van der Waals surface area contributed by atoms with Crippen LogP contribution in [0.2, 0.25) is 0 Å². The normalized spacial score (nSPS) is 19.6. The average Bonchev–Trinajstić information content (AvgIpc) is 2.25. The highest BCUT2D eigenvalue weighted by Gasteiger charge is 2.20. The number of rotatable bonds is 5. The van der Waals surface area contributed by atoms with Crippen molar-refractivity contribution in [1.82, 2.24) is 0 Å². The Morgan fingerprint density at radius 1 is 1.22 bits per heavy atom. The van der Waals surface area contributed by atoms with E-state index in [2.05, 4.69) is 27.7 Å². The minimum Gasteiger partial charge on any atom is -0.465 e. The highest BCUT2D eigenvalue weighted by molar-refractivity contribution is 5.69. The Kier molecular flexibility index (Phi) is 6.17. The van der Waals surface area contributed by atoms with E-state index >= 15 is 0 Å². The maximum absolute atomic E-state index is 11.8. The fourth-order valence-corrected chi connectivity index (χ4v) is 3.03. The van der Waals surface area contributed by atoms with Crippen LogP contribution in [0.4, 0.5) is 0 Å². The van der Waals surface area contributed by atoms with Crippen molar-refractivity contribution in [2.45, 2.75) is 72.6 Å². The van der Waals surface area contributed by atoms with Gasteiger partial charge < -0.3 is 4.74 Å². The van der Waals surface area contributed by atoms with Crippen LogP contribution in [0.5, 0.6) is 0 Å². The maximum Gasteiger partial charge on any atom is 0.306 e. The van der Waals surface area contributed by atoms with Gasteiger partial charge in [0.05, 0.1) is 6.61 Å². The Bertz CT molecular complexity index is 246. The summed E-state index contributed by atoms with van der Waals surface area (Å²) in [5.41, 5.74) is 0.295. The van der Waals surface area contributed by atoms with E-state index in [-0.39, 0.29) is 5.97 Å². The van der Waals surface area contributed by atoms with Crippen LogP contribution < -0.4 is 0 Å². The quantitative estimate of drug-likeness (QED) is 0.672. The number of hydrogen-bond donors (Lipinski definition) is 0. The van der Waals surface area contributed by atoms with Crippen molar-refractivity contribution in [3.05, 3.63) is 0 Å². The van der Waals surface area contributed by atoms with Crippen LogP contribution in [0, 0.1) is 17.3 Å². The molecular formula is C16H30O2. The third kappa shape index (κ3) is 7.03. The van der Waals surface area contributed by atoms with E-state index in [0.29, 0.717) is 30.3 Å². The SMILES string of the molecule is CC(CC(=O)OCC1CCCCC1)CC(C)(C)C. The molecule has 0 aromatic rings. The second-order valence-electron chi connectivity index (χ2n) is 7.26. The number of esters is 1. The molecule has 0 spiro atoms. The van der Waals surface area contributed by atoms with Crippen molar-refractivity contribution < 1.29 is 9.53 Å². The van der Waals surface area contributed by atoms with Crippen molar-refractivity contribution in [2.75, 3.05) is 6.61 Å². The van der Waals surface area contributed by atoms with E-state index < -0.39 is 0 Å². The molecule has 2 nitrogen and oxygen atoms in total. The molecule has 0 N–H and O–H groups in total. The molecule has 0 heterocycles. The molecular weight excluding hydrogens is 224 g/mol. The van der Waals surface area contributed by atoms with Crippen LogP contribution in [0.3, 0.4) is 0 Å². The summed E-state index contributed by atoms with van der Waals surface area (Å²) in [5.74, 6) is 1.04. The van der Waals surface area contributed by atoms with Gasteiger partial charge in [0.15, 0.2) is 0 Å². The zero-order valence-electron chi connectivity index (χ0n) is 12.6. The van der Waals surface area contributed by atoms with Gasteiger partial charge in [-0.3, -0.25) is 4.79 Å². The monoisotopic (exact) mass is 254 g/mol. The predicted molar refractivity (Wildman–Crippen MR) is 75.4 cm³/mol. The van der Waals surface area contributed by atoms with E-state index in [0.717, 1.165) is 6.42 Å². The van der Waals surface area contributed by atoms with Gasteiger partial charge in [0, 0.05) is 6.42 Å². The number of carbonyl (C=O) groups excluding carboxylic acids is 1. The first-order valence-corrected chi connectivity index (χ1v) is 7.52. The number of ether oxygens (including phenoxy) is 1. The molecule has 1 saturated carbocycles. The Labute approximate surface area is 112 Å². The fourth-order valence-electron chi connectivity index (χ4n) is 3.03. The molecule has 0 aromatic carbocycles. The smallest absolute Gasteiger partial charge is 0.306 e. The summed E-state index contributed by atoms with van der Waals surface area (Å²) in [6, 6.07) is 0. The lowest BCUT2D eigenvalue weighted by atomic mass is 9.84. The Morgan fingerprint density at radius 2 is 1.83 bits per heavy atom. The first kappa shape index (κ1) is 15.5. The zero-order chi connectivity index (χ0) is 13.6. The molecule has 0 bridgehead atoms. The van der Waals surface area contributed by atoms with Gasteiger partial charge in [-0.2, -0.15) is 0 Å². The van der Waals surface area contributed by atoms with Crippen LogP contribution in [-0.4, -0.2) is 12.6 Å². The highest BCUT2D eigenvalue weighted by Crippen LogP contribution is 2.27. The summed E-state index contributed by atoms with van der Waals surface area (Å²) < 4.78 is 5.43. The first-order valence-electron chi connectivity index (χ1n) is 7.52. The van der Waals surface area contributed by atoms with Crippen molar-refractivity contribution in [3.8, 4) is 0 Å². The van der Waals surface area contributed by atoms with Gasteiger partial charge in [-0.1, -0.05) is 47.0 Å². The van der Waals surface area contributed by atoms with E-state index in [9.17, 15) is 4.79 Å². The van der Waals surface area contributed by atoms with E-state index in [1.54, 1.807) is 0 Å². The van der Waals surface area contributed by atoms with Crippen molar-refractivity contribution in [1.29, 1.82) is 0 Å². The van der Waals surface area contributed by atoms with Gasteiger partial charge in [0.25, 0.3) is 0 Å². The predicted octanol–water partition coefficient (Wildman–Crippen LogP) is 4.57. The Morgan fingerprint density at radius 3 is 2.39 bits per heavy atom. The van der Waals surface area contributed by atoms with Crippen LogP contribution in [0.15, 0.2) is 0 Å². The van der Waals surface area contributed by atoms with Crippen molar-refractivity contribution >= 4 is 5.97 Å². The summed E-state index contributed by atoms with van der Waals surface area (Å²) in [5, 5.41) is 0. The van der Waals surface area contributed by atoms with Gasteiger partial charge in [0.2, 0.25) is 0 Å². The third-order valence-corrected chi connectivity index (χ3v) is 3.68. The largest absolute Gasteiger partial charge is 0.465 e. The summed E-state index contributed by atoms with van der Waals surface area (Å²) in [6.07, 6.45) is 8.10. The Hall–Kier alpha value is -0.530. The lowest BCUT2D eigenvalue weighted by Gasteiger charge is -2.24. The topological polar surface area (TPSA) is 26.3 Å². The molecule has 1 rings (SSSR count). The molecule has 0 saturated heterocycles. The Balaban J connectivity index is 2.16. The lowest BCUT2D eigenvalue weighted by molar-refractivity contribution is -0.146. The summed E-state index contributed by atoms with van der Waals surface area (Å²) in [7, 11) is 0. The fraction of sp³-hybridized carbons (Fsp3) is 0.938. The van der Waals surface area contributed by atoms with Crippen LogP contribution in [0.1, 0.15) is 72.6 Å². The van der Waals surface area contributed by atoms with Gasteiger partial charge in [-0.15, -0.1) is 0 Å². The molecule has 0 radical (unpaired) electrons. The standard InChI is InChI=1S/C16H30O2/c1-13(11-16(2,3)4)10-15(17)18-12-14-8-6-5-7-9-14/h13-14H,5-12H2,1-4H3. The zero-order valence-corrected chi connectivity index (χ0v) is 12.6. The molecule has 0 amide bonds. The van der Waals surface area contributed by atoms with Gasteiger partial charge in [-0.25, -0.2) is 0 Å². The third-order valence-electron chi connectivity index (χ3n) is 3.68. The molecule has 1 fully saturated rings. The minimum absolute atomic E-state index is 0.00248. The molecule has 106 valence electrons. The molecule has 1 aliphatic rings. The highest BCUT2D eigenvalue weighted by atomic mass is 16.5. The van der Waals surface area contributed by atoms with Crippen molar-refractivity contribution in [2.24, 2.45) is 17.3 Å². The van der Waals surface area contributed by atoms with E-state index in [1.807, 2.05) is 0 Å². The number of carbonyl (C=O) groups is 1. The molecule has 0 aliphatic heterocycles. The van der Waals surface area contributed by atoms with Crippen LogP contribution in [0.25, 0.3) is 0 Å². The molecule has 0 aromatic heterocycles. The second kappa shape index (κ2) is 7.16. The van der Waals surface area contributed by atoms with Crippen LogP contribution in [-0.2, 0) is 9.53 Å². The van der Waals surface area contributed by atoms with Gasteiger partial charge >= 0.3 is 5.97 Å². The molecule has 1 aliphatic carbocycles. The van der Waals surface area contributed by atoms with E-state index in [1.165, 1.54) is 32.1 Å². The maximum atomic E-state index is 11.8.